The molecule has 0 spiro atoms. The number of amides is 1. The number of ether oxygens (including phenoxy) is 14. The third kappa shape index (κ3) is 17.8. The van der Waals surface area contributed by atoms with E-state index in [2.05, 4.69) is 5.32 Å². The van der Waals surface area contributed by atoms with E-state index in [0.29, 0.717) is 6.42 Å². The molecule has 1 saturated heterocycles. The minimum absolute atomic E-state index is 0.0289. The number of esters is 5. The Bertz CT molecular complexity index is 3370. The van der Waals surface area contributed by atoms with Crippen molar-refractivity contribution in [3.8, 4) is 0 Å². The number of hydrogen-bond donors (Lipinski definition) is 2. The molecule has 2 aromatic rings. The molecule has 2 saturated carbocycles. The van der Waals surface area contributed by atoms with Crippen LogP contribution < -0.4 is 5.32 Å². The zero-order valence-electron chi connectivity index (χ0n) is 62.1. The molecule has 0 aromatic heterocycles. The number of carbonyl (C=O) groups excluding carboxylic acids is 10. The topological polar surface area (TPSA) is 332 Å². The van der Waals surface area contributed by atoms with Gasteiger partial charge in [-0.1, -0.05) is 62.4 Å². The van der Waals surface area contributed by atoms with Crippen LogP contribution in [0.3, 0.4) is 0 Å². The van der Waals surface area contributed by atoms with E-state index in [1.54, 1.807) is 92.0 Å². The fourth-order valence-electron chi connectivity index (χ4n) is 13.9. The molecule has 3 fully saturated rings. The lowest BCUT2D eigenvalue weighted by Gasteiger charge is -2.67. The van der Waals surface area contributed by atoms with E-state index < -0.39 is 196 Å². The molecule has 2 unspecified atom stereocenters. The van der Waals surface area contributed by atoms with Gasteiger partial charge in [0.25, 0.3) is 0 Å². The van der Waals surface area contributed by atoms with Gasteiger partial charge in [0, 0.05) is 46.5 Å². The lowest BCUT2D eigenvalue weighted by atomic mass is 9.44. The molecule has 13 atom stereocenters. The molecule has 2 N–H and O–H groups in total. The average Bonchev–Trinajstić information content (AvgIpc) is 0.668. The van der Waals surface area contributed by atoms with Crippen molar-refractivity contribution in [2.45, 2.75) is 239 Å². The maximum absolute atomic E-state index is 16.0. The fourth-order valence-corrected chi connectivity index (χ4v) is 13.9. The summed E-state index contributed by atoms with van der Waals surface area (Å²) in [5, 5.41) is 16.9. The first-order valence-electron chi connectivity index (χ1n) is 33.6. The zero-order valence-corrected chi connectivity index (χ0v) is 62.1. The smallest absolute Gasteiger partial charge is 0.408 e. The minimum atomic E-state index is -2.42. The van der Waals surface area contributed by atoms with Gasteiger partial charge in [0.15, 0.2) is 28.7 Å². The number of alkyl carbamates (subject to hydrolysis) is 1. The van der Waals surface area contributed by atoms with E-state index in [1.807, 2.05) is 13.8 Å². The van der Waals surface area contributed by atoms with Gasteiger partial charge in [-0.25, -0.2) is 24.0 Å². The minimum Gasteiger partial charge on any atom is -0.463 e. The van der Waals surface area contributed by atoms with Crippen molar-refractivity contribution in [3.05, 3.63) is 82.9 Å². The van der Waals surface area contributed by atoms with E-state index in [9.17, 15) is 43.5 Å². The number of methoxy groups -OCH3 is 3. The number of ketones is 4. The van der Waals surface area contributed by atoms with Crippen LogP contribution in [-0.4, -0.2) is 207 Å². The van der Waals surface area contributed by atoms with Crippen molar-refractivity contribution in [2.75, 3.05) is 61.0 Å². The Morgan fingerprint density at radius 3 is 1.89 bits per heavy atom. The van der Waals surface area contributed by atoms with Gasteiger partial charge in [-0.2, -0.15) is 0 Å². The molecule has 100 heavy (non-hydrogen) atoms. The van der Waals surface area contributed by atoms with Crippen LogP contribution in [0, 0.1) is 22.2 Å². The van der Waals surface area contributed by atoms with Crippen molar-refractivity contribution in [1.82, 2.24) is 5.32 Å². The van der Waals surface area contributed by atoms with Crippen LogP contribution in [0.5, 0.6) is 0 Å². The van der Waals surface area contributed by atoms with Gasteiger partial charge in [0.1, 0.15) is 84.4 Å². The first-order chi connectivity index (χ1) is 46.2. The van der Waals surface area contributed by atoms with Crippen LogP contribution >= 0.6 is 0 Å². The Kier molecular flexibility index (Phi) is 25.8. The second-order valence-electron chi connectivity index (χ2n) is 30.6. The van der Waals surface area contributed by atoms with E-state index >= 15 is 9.59 Å². The molecule has 1 aliphatic heterocycles. The van der Waals surface area contributed by atoms with Crippen molar-refractivity contribution in [2.24, 2.45) is 22.2 Å². The molecule has 556 valence electrons. The zero-order chi connectivity index (χ0) is 75.3. The van der Waals surface area contributed by atoms with Crippen LogP contribution in [0.2, 0.25) is 0 Å². The van der Waals surface area contributed by atoms with Crippen LogP contribution in [0.25, 0.3) is 0 Å². The summed E-state index contributed by atoms with van der Waals surface area (Å²) in [6.45, 7) is 26.0. The van der Waals surface area contributed by atoms with Gasteiger partial charge in [-0.05, 0) is 146 Å². The molecule has 2 bridgehead atoms. The molecule has 4 aliphatic rings. The van der Waals surface area contributed by atoms with Crippen LogP contribution in [0.4, 0.5) is 4.79 Å². The second kappa shape index (κ2) is 31.4. The predicted octanol–water partition coefficient (Wildman–Crippen LogP) is 8.00. The Balaban J connectivity index is 1.36. The van der Waals surface area contributed by atoms with E-state index in [0.717, 1.165) is 0 Å². The second-order valence-corrected chi connectivity index (χ2v) is 30.6. The standard InChI is InChI=1S/C74H105NO25/c1-42-48(36-74(86)60(97-61(82)47-31-27-24-28-32-47)57-72(19,59(81)55(88-21)53(42)67(74,10)11)49(87-20)35-50-73(57,41-91-50)99-45(4)77)95-62(83)56(54(46-29-25-23-26-30-46)75-64(85)100-65(5,6)7)96-52(79)38-90-37-51(78)92-39-71(18,63(84)70(16,17)93-34-33-66(8,9)89-22)40-94-69(14,15)58(80)43(2)98-68(12,13)44(3)76/h23-32,43,48-50,54-57,60,86H,33-41H2,1-22H3,(H,75,85)/t43?,48-,49-,50+,54-,55+,56+,57-,60-,71?,72+,73-,74+/m0/s1. The van der Waals surface area contributed by atoms with Gasteiger partial charge >= 0.3 is 35.9 Å². The Labute approximate surface area is 586 Å². The molecule has 0 radical (unpaired) electrons. The summed E-state index contributed by atoms with van der Waals surface area (Å²) in [5.74, 6) is -8.96. The number of benzene rings is 2. The number of hydrogen-bond acceptors (Lipinski definition) is 25. The number of nitrogens with one attached hydrogen (secondary N) is 1. The highest BCUT2D eigenvalue weighted by atomic mass is 16.6. The Morgan fingerprint density at radius 2 is 1.35 bits per heavy atom. The molecular weight excluding hydrogens is 1300 g/mol. The van der Waals surface area contributed by atoms with Crippen LogP contribution in [0.1, 0.15) is 173 Å². The summed E-state index contributed by atoms with van der Waals surface area (Å²) >= 11 is 0. The number of Topliss-reactive ketones (excluding diaryl/α,β-unsaturated/α-hetero) is 4. The number of aliphatic hydroxyl groups is 1. The normalized spacial score (nSPS) is 26.0. The summed E-state index contributed by atoms with van der Waals surface area (Å²) in [4.78, 5) is 143. The van der Waals surface area contributed by atoms with Crippen molar-refractivity contribution < 1.29 is 119 Å². The summed E-state index contributed by atoms with van der Waals surface area (Å²) in [5.41, 5.74) is -15.0. The van der Waals surface area contributed by atoms with E-state index in [-0.39, 0.29) is 47.7 Å². The van der Waals surface area contributed by atoms with Crippen molar-refractivity contribution in [3.63, 3.8) is 0 Å². The molecule has 1 heterocycles. The molecule has 26 nitrogen and oxygen atoms in total. The van der Waals surface area contributed by atoms with Gasteiger partial charge < -0.3 is 76.7 Å². The molecular formula is C74H105NO25. The van der Waals surface area contributed by atoms with Crippen LogP contribution in [-0.2, 0) is 105 Å². The average molecular weight is 1410 g/mol. The Hall–Kier alpha value is -6.88. The first kappa shape index (κ1) is 82.1. The Morgan fingerprint density at radius 1 is 0.750 bits per heavy atom. The molecule has 6 rings (SSSR count). The summed E-state index contributed by atoms with van der Waals surface area (Å²) < 4.78 is 84.4. The maximum atomic E-state index is 16.0. The largest absolute Gasteiger partial charge is 0.463 e. The third-order valence-corrected chi connectivity index (χ3v) is 20.1. The quantitative estimate of drug-likeness (QED) is 0.0398. The van der Waals surface area contributed by atoms with Gasteiger partial charge in [0.05, 0.1) is 53.8 Å². The highest BCUT2D eigenvalue weighted by molar-refractivity contribution is 5.95. The summed E-state index contributed by atoms with van der Waals surface area (Å²) in [6.07, 6.45) is -11.5. The SMILES string of the molecule is CO[C@H]1C(=O)[C@]2(C)[C@@H](OC)C[C@H]3OC[C@@]3(OC(C)=O)[C@H]2[C@H](OC(=O)c2ccccc2)[C@]2(O)C[C@H](OC(=O)[C@H](OC(=O)COCC(=O)OCC(C)(COC(C)(C)C(=O)C(C)OC(C)(C)C(C)=O)C(=O)C(C)(C)OCCC(C)(C)OC)[C@@H](NC(=O)OC(C)(C)C)c3ccccc3)C(C)=C1C2(C)C. The molecule has 3 aliphatic carbocycles. The number of fused-ring (bicyclic) bond motifs is 5. The van der Waals surface area contributed by atoms with Gasteiger partial charge in [0.2, 0.25) is 6.10 Å². The molecule has 1 amide bonds. The van der Waals surface area contributed by atoms with Crippen LogP contribution in [0.15, 0.2) is 71.8 Å². The molecule has 2 aromatic carbocycles. The van der Waals surface area contributed by atoms with Gasteiger partial charge in [-0.3, -0.25) is 24.0 Å². The lowest BCUT2D eigenvalue weighted by Crippen LogP contribution is -2.82. The fraction of sp³-hybridized carbons (Fsp3) is 0.676. The molecule has 26 heteroatoms. The van der Waals surface area contributed by atoms with Gasteiger partial charge in [-0.15, -0.1) is 0 Å². The summed E-state index contributed by atoms with van der Waals surface area (Å²) in [6, 6.07) is 14.1. The highest BCUT2D eigenvalue weighted by Gasteiger charge is 2.78. The predicted molar refractivity (Wildman–Crippen MR) is 358 cm³/mol. The van der Waals surface area contributed by atoms with Crippen molar-refractivity contribution >= 4 is 59.1 Å². The maximum Gasteiger partial charge on any atom is 0.408 e. The highest BCUT2D eigenvalue weighted by Crippen LogP contribution is 2.65. The number of rotatable bonds is 32. The third-order valence-electron chi connectivity index (χ3n) is 20.1. The lowest BCUT2D eigenvalue weighted by molar-refractivity contribution is -0.347. The van der Waals surface area contributed by atoms with E-state index in [1.165, 1.54) is 108 Å². The monoisotopic (exact) mass is 1410 g/mol. The van der Waals surface area contributed by atoms with Crippen molar-refractivity contribution in [1.29, 1.82) is 0 Å². The van der Waals surface area contributed by atoms with E-state index in [4.69, 9.17) is 66.3 Å². The summed E-state index contributed by atoms with van der Waals surface area (Å²) in [7, 11) is 4.23. The number of carbonyl (C=O) groups is 10. The first-order valence-corrected chi connectivity index (χ1v) is 33.6.